The van der Waals surface area contributed by atoms with E-state index >= 15 is 0 Å². The van der Waals surface area contributed by atoms with Crippen molar-refractivity contribution in [2.24, 2.45) is 11.7 Å². The van der Waals surface area contributed by atoms with Gasteiger partial charge < -0.3 is 20.9 Å². The first kappa shape index (κ1) is 19.2. The van der Waals surface area contributed by atoms with E-state index in [1.165, 1.54) is 12.8 Å². The Kier molecular flexibility index (Phi) is 5.95. The summed E-state index contributed by atoms with van der Waals surface area (Å²) >= 11 is 0. The summed E-state index contributed by atoms with van der Waals surface area (Å²) in [5.41, 5.74) is 5.43. The Bertz CT molecular complexity index is 713. The van der Waals surface area contributed by atoms with Crippen LogP contribution in [0.15, 0.2) is 24.3 Å². The van der Waals surface area contributed by atoms with E-state index in [0.29, 0.717) is 17.2 Å². The molecular formula is C19H25N3O5. The van der Waals surface area contributed by atoms with Crippen molar-refractivity contribution in [3.8, 4) is 5.75 Å². The summed E-state index contributed by atoms with van der Waals surface area (Å²) in [6.45, 7) is 0.578. The van der Waals surface area contributed by atoms with Crippen LogP contribution in [0, 0.1) is 5.92 Å². The van der Waals surface area contributed by atoms with Gasteiger partial charge in [0.25, 0.3) is 11.8 Å². The van der Waals surface area contributed by atoms with Crippen LogP contribution in [-0.2, 0) is 9.59 Å². The average Bonchev–Trinajstić information content (AvgIpc) is 3.39. The van der Waals surface area contributed by atoms with Crippen molar-refractivity contribution >= 4 is 17.8 Å². The Morgan fingerprint density at radius 1 is 1.22 bits per heavy atom. The van der Waals surface area contributed by atoms with Crippen LogP contribution in [0.2, 0.25) is 0 Å². The maximum atomic E-state index is 12.5. The van der Waals surface area contributed by atoms with Crippen LogP contribution in [0.5, 0.6) is 5.75 Å². The molecule has 8 heteroatoms. The van der Waals surface area contributed by atoms with Crippen LogP contribution in [0.3, 0.4) is 0 Å². The normalized spacial score (nSPS) is 21.4. The number of para-hydroxylation sites is 1. The quantitative estimate of drug-likeness (QED) is 0.551. The molecule has 0 aromatic heterocycles. The van der Waals surface area contributed by atoms with Gasteiger partial charge in [-0.15, -0.1) is 0 Å². The smallest absolute Gasteiger partial charge is 0.317 e. The van der Waals surface area contributed by atoms with Crippen molar-refractivity contribution in [2.75, 3.05) is 19.7 Å². The number of nitrogens with zero attached hydrogens (tertiary/aromatic N) is 1. The van der Waals surface area contributed by atoms with Gasteiger partial charge in [0.05, 0.1) is 12.1 Å². The lowest BCUT2D eigenvalue weighted by atomic mass is 9.85. The molecule has 0 spiro atoms. The number of carbonyl (C=O) groups is 3. The second kappa shape index (κ2) is 8.39. The number of aliphatic carboxylic acids is 1. The number of nitrogens with two attached hydrogens (primary N) is 1. The molecule has 3 rings (SSSR count). The number of primary amides is 1. The minimum absolute atomic E-state index is 0.00203. The highest BCUT2D eigenvalue weighted by atomic mass is 16.5. The van der Waals surface area contributed by atoms with Crippen molar-refractivity contribution in [1.82, 2.24) is 10.2 Å². The molecule has 2 fully saturated rings. The van der Waals surface area contributed by atoms with Gasteiger partial charge in [-0.05, 0) is 43.7 Å². The summed E-state index contributed by atoms with van der Waals surface area (Å²) < 4.78 is 5.30. The highest BCUT2D eigenvalue weighted by Crippen LogP contribution is 2.34. The van der Waals surface area contributed by atoms with Crippen LogP contribution >= 0.6 is 0 Å². The molecule has 1 aromatic rings. The Morgan fingerprint density at radius 2 is 1.93 bits per heavy atom. The predicted molar refractivity (Wildman–Crippen MR) is 97.3 cm³/mol. The first-order valence-corrected chi connectivity index (χ1v) is 9.19. The zero-order valence-corrected chi connectivity index (χ0v) is 15.1. The van der Waals surface area contributed by atoms with Crippen LogP contribution in [0.25, 0.3) is 0 Å². The number of hydrogen-bond acceptors (Lipinski definition) is 5. The topological polar surface area (TPSA) is 122 Å². The standard InChI is InChI=1S/C19H25N3O5/c20-17(23)11-27-16-4-2-1-3-15(16)19(26)21-13-7-14(8-13)22(10-18(24)25)9-12-5-6-12/h1-4,12-14H,5-11H2,(H2,20,23)(H,21,26)(H,24,25). The number of hydrogen-bond donors (Lipinski definition) is 3. The van der Waals surface area contributed by atoms with Gasteiger partial charge in [-0.3, -0.25) is 19.3 Å². The number of nitrogens with one attached hydrogen (secondary N) is 1. The van der Waals surface area contributed by atoms with E-state index in [1.807, 2.05) is 4.90 Å². The van der Waals surface area contributed by atoms with E-state index in [1.54, 1.807) is 24.3 Å². The zero-order valence-electron chi connectivity index (χ0n) is 15.1. The van der Waals surface area contributed by atoms with Gasteiger partial charge in [0, 0.05) is 18.6 Å². The van der Waals surface area contributed by atoms with E-state index in [2.05, 4.69) is 5.32 Å². The molecule has 146 valence electrons. The summed E-state index contributed by atoms with van der Waals surface area (Å²) in [6.07, 6.45) is 3.81. The van der Waals surface area contributed by atoms with Crippen molar-refractivity contribution in [2.45, 2.75) is 37.8 Å². The Balaban J connectivity index is 1.52. The zero-order chi connectivity index (χ0) is 19.4. The second-order valence-electron chi connectivity index (χ2n) is 7.31. The average molecular weight is 375 g/mol. The molecule has 2 aliphatic carbocycles. The molecule has 8 nitrogen and oxygen atoms in total. The summed E-state index contributed by atoms with van der Waals surface area (Å²) in [6, 6.07) is 6.88. The predicted octanol–water partition coefficient (Wildman–Crippen LogP) is 0.608. The van der Waals surface area contributed by atoms with Crippen LogP contribution in [0.1, 0.15) is 36.0 Å². The largest absolute Gasteiger partial charge is 0.483 e. The van der Waals surface area contributed by atoms with Gasteiger partial charge in [-0.1, -0.05) is 12.1 Å². The maximum absolute atomic E-state index is 12.5. The highest BCUT2D eigenvalue weighted by molar-refractivity contribution is 5.97. The lowest BCUT2D eigenvalue weighted by Crippen LogP contribution is -2.55. The van der Waals surface area contributed by atoms with E-state index in [9.17, 15) is 14.4 Å². The first-order chi connectivity index (χ1) is 12.9. The number of amides is 2. The summed E-state index contributed by atoms with van der Waals surface area (Å²) in [5, 5.41) is 12.1. The third kappa shape index (κ3) is 5.43. The Hall–Kier alpha value is -2.61. The lowest BCUT2D eigenvalue weighted by molar-refractivity contribution is -0.139. The van der Waals surface area contributed by atoms with E-state index in [-0.39, 0.29) is 31.1 Å². The number of carboxylic acids is 1. The molecule has 1 aromatic carbocycles. The molecule has 4 N–H and O–H groups in total. The number of ether oxygens (including phenoxy) is 1. The number of carboxylic acid groups (broad SMARTS) is 1. The SMILES string of the molecule is NC(=O)COc1ccccc1C(=O)NC1CC(N(CC(=O)O)CC2CC2)C1. The van der Waals surface area contributed by atoms with Crippen molar-refractivity contribution in [3.63, 3.8) is 0 Å². The third-order valence-corrected chi connectivity index (χ3v) is 4.99. The second-order valence-corrected chi connectivity index (χ2v) is 7.31. The van der Waals surface area contributed by atoms with Gasteiger partial charge in [-0.25, -0.2) is 0 Å². The van der Waals surface area contributed by atoms with Crippen molar-refractivity contribution in [3.05, 3.63) is 29.8 Å². The number of benzene rings is 1. The molecule has 2 aliphatic rings. The van der Waals surface area contributed by atoms with Crippen LogP contribution in [0.4, 0.5) is 0 Å². The van der Waals surface area contributed by atoms with Crippen LogP contribution in [-0.4, -0.2) is 59.6 Å². The lowest BCUT2D eigenvalue weighted by Gasteiger charge is -2.42. The molecule has 2 amide bonds. The van der Waals surface area contributed by atoms with Gasteiger partial charge in [-0.2, -0.15) is 0 Å². The van der Waals surface area contributed by atoms with Crippen LogP contribution < -0.4 is 15.8 Å². The number of carbonyl (C=O) groups excluding carboxylic acids is 2. The monoisotopic (exact) mass is 375 g/mol. The van der Waals surface area contributed by atoms with Gasteiger partial charge in [0.2, 0.25) is 0 Å². The summed E-state index contributed by atoms with van der Waals surface area (Å²) in [4.78, 5) is 36.5. The van der Waals surface area contributed by atoms with E-state index < -0.39 is 11.9 Å². The molecule has 0 saturated heterocycles. The molecule has 2 saturated carbocycles. The van der Waals surface area contributed by atoms with Gasteiger partial charge in [0.1, 0.15) is 5.75 Å². The van der Waals surface area contributed by atoms with Crippen molar-refractivity contribution in [1.29, 1.82) is 0 Å². The van der Waals surface area contributed by atoms with Crippen molar-refractivity contribution < 1.29 is 24.2 Å². The molecule has 0 unspecified atom stereocenters. The number of rotatable bonds is 10. The molecule has 0 heterocycles. The fourth-order valence-corrected chi connectivity index (χ4v) is 3.34. The molecule has 27 heavy (non-hydrogen) atoms. The summed E-state index contributed by atoms with van der Waals surface area (Å²) in [5.74, 6) is -0.770. The third-order valence-electron chi connectivity index (χ3n) is 4.99. The Labute approximate surface area is 157 Å². The summed E-state index contributed by atoms with van der Waals surface area (Å²) in [7, 11) is 0. The fourth-order valence-electron chi connectivity index (χ4n) is 3.34. The minimum Gasteiger partial charge on any atom is -0.483 e. The van der Waals surface area contributed by atoms with Gasteiger partial charge in [0.15, 0.2) is 6.61 Å². The molecule has 0 radical (unpaired) electrons. The molecule has 0 bridgehead atoms. The molecule has 0 atom stereocenters. The van der Waals surface area contributed by atoms with E-state index in [0.717, 1.165) is 19.4 Å². The maximum Gasteiger partial charge on any atom is 0.317 e. The highest BCUT2D eigenvalue weighted by Gasteiger charge is 2.38. The van der Waals surface area contributed by atoms with Gasteiger partial charge >= 0.3 is 5.97 Å². The molecular weight excluding hydrogens is 350 g/mol. The minimum atomic E-state index is -0.816. The fraction of sp³-hybridized carbons (Fsp3) is 0.526. The first-order valence-electron chi connectivity index (χ1n) is 9.19. The Morgan fingerprint density at radius 3 is 2.56 bits per heavy atom. The molecule has 0 aliphatic heterocycles. The van der Waals surface area contributed by atoms with E-state index in [4.69, 9.17) is 15.6 Å².